The molecule has 4 aromatic rings. The number of carbonyl (C=O) groups excluding carboxylic acids is 2. The number of aryl methyl sites for hydroxylation is 1. The number of fused-ring (bicyclic) bond motifs is 1. The minimum atomic E-state index is -0.829. The second-order valence-electron chi connectivity index (χ2n) is 6.91. The van der Waals surface area contributed by atoms with E-state index >= 15 is 0 Å². The molecule has 0 aliphatic rings. The van der Waals surface area contributed by atoms with Gasteiger partial charge in [-0.15, -0.1) is 0 Å². The van der Waals surface area contributed by atoms with E-state index in [0.29, 0.717) is 28.6 Å². The van der Waals surface area contributed by atoms with Gasteiger partial charge in [0, 0.05) is 40.2 Å². The summed E-state index contributed by atoms with van der Waals surface area (Å²) in [6.07, 6.45) is 2.14. The molecule has 2 amide bonds. The minimum Gasteiger partial charge on any atom is -0.361 e. The summed E-state index contributed by atoms with van der Waals surface area (Å²) >= 11 is 5.90. The van der Waals surface area contributed by atoms with E-state index in [1.165, 1.54) is 0 Å². The predicted molar refractivity (Wildman–Crippen MR) is 115 cm³/mol. The summed E-state index contributed by atoms with van der Waals surface area (Å²) in [7, 11) is 0. The number of nitrogens with zero attached hydrogens (tertiary/aromatic N) is 1. The van der Waals surface area contributed by atoms with E-state index in [4.69, 9.17) is 16.1 Å². The SMILES string of the molecule is Cc1cc(NC(=O)[C@H](Cc2c[nH]c3ccccc23)NC(=O)c2ccc(Cl)cc2)no1. The van der Waals surface area contributed by atoms with Crippen LogP contribution in [0.3, 0.4) is 0 Å². The number of hydrogen-bond acceptors (Lipinski definition) is 4. The summed E-state index contributed by atoms with van der Waals surface area (Å²) in [5.74, 6) is 0.102. The zero-order valence-corrected chi connectivity index (χ0v) is 16.9. The zero-order chi connectivity index (χ0) is 21.1. The number of carbonyl (C=O) groups is 2. The molecule has 0 saturated heterocycles. The highest BCUT2D eigenvalue weighted by atomic mass is 35.5. The molecule has 1 atom stereocenters. The van der Waals surface area contributed by atoms with Gasteiger partial charge >= 0.3 is 0 Å². The first-order chi connectivity index (χ1) is 14.5. The van der Waals surface area contributed by atoms with Gasteiger partial charge in [0.05, 0.1) is 0 Å². The standard InChI is InChI=1S/C22H19ClN4O3/c1-13-10-20(27-30-13)26-22(29)19(25-21(28)14-6-8-16(23)9-7-14)11-15-12-24-18-5-3-2-4-17(15)18/h2-10,12,19,24H,11H2,1H3,(H,25,28)(H,26,27,29)/t19-/m0/s1. The van der Waals surface area contributed by atoms with Gasteiger partial charge in [-0.05, 0) is 42.8 Å². The normalized spacial score (nSPS) is 11.9. The fourth-order valence-corrected chi connectivity index (χ4v) is 3.34. The summed E-state index contributed by atoms with van der Waals surface area (Å²) in [5, 5.41) is 10.8. The Morgan fingerprint density at radius 1 is 1.17 bits per heavy atom. The van der Waals surface area contributed by atoms with Gasteiger partial charge in [0.1, 0.15) is 11.8 Å². The van der Waals surface area contributed by atoms with Gasteiger partial charge in [-0.2, -0.15) is 0 Å². The highest BCUT2D eigenvalue weighted by molar-refractivity contribution is 6.30. The summed E-state index contributed by atoms with van der Waals surface area (Å²) in [6, 6.07) is 15.1. The highest BCUT2D eigenvalue weighted by Gasteiger charge is 2.24. The van der Waals surface area contributed by atoms with Gasteiger partial charge < -0.3 is 20.1 Å². The van der Waals surface area contributed by atoms with E-state index in [2.05, 4.69) is 20.8 Å². The molecule has 0 radical (unpaired) electrons. The predicted octanol–water partition coefficient (Wildman–Crippen LogP) is 4.10. The van der Waals surface area contributed by atoms with Gasteiger partial charge in [0.25, 0.3) is 5.91 Å². The number of amides is 2. The van der Waals surface area contributed by atoms with Crippen LogP contribution in [-0.2, 0) is 11.2 Å². The lowest BCUT2D eigenvalue weighted by Crippen LogP contribution is -2.45. The molecule has 0 aliphatic heterocycles. The average Bonchev–Trinajstić information content (AvgIpc) is 3.34. The molecule has 0 fully saturated rings. The van der Waals surface area contributed by atoms with Crippen LogP contribution >= 0.6 is 11.6 Å². The van der Waals surface area contributed by atoms with Crippen LogP contribution in [0.25, 0.3) is 10.9 Å². The van der Waals surface area contributed by atoms with Gasteiger partial charge in [-0.1, -0.05) is 35.0 Å². The lowest BCUT2D eigenvalue weighted by Gasteiger charge is -2.18. The Labute approximate surface area is 177 Å². The minimum absolute atomic E-state index is 0.294. The molecule has 0 aliphatic carbocycles. The van der Waals surface area contributed by atoms with Crippen molar-refractivity contribution in [1.29, 1.82) is 0 Å². The molecule has 2 heterocycles. The lowest BCUT2D eigenvalue weighted by molar-refractivity contribution is -0.118. The van der Waals surface area contributed by atoms with Crippen LogP contribution in [0.5, 0.6) is 0 Å². The van der Waals surface area contributed by atoms with Gasteiger partial charge in [0.15, 0.2) is 5.82 Å². The molecule has 152 valence electrons. The Bertz CT molecular complexity index is 1200. The van der Waals surface area contributed by atoms with Crippen molar-refractivity contribution in [2.24, 2.45) is 0 Å². The van der Waals surface area contributed by atoms with Crippen LogP contribution in [-0.4, -0.2) is 28.0 Å². The monoisotopic (exact) mass is 422 g/mol. The Kier molecular flexibility index (Phi) is 5.54. The van der Waals surface area contributed by atoms with Crippen LogP contribution < -0.4 is 10.6 Å². The molecule has 3 N–H and O–H groups in total. The van der Waals surface area contributed by atoms with Crippen molar-refractivity contribution in [3.05, 3.63) is 82.7 Å². The number of para-hydroxylation sites is 1. The average molecular weight is 423 g/mol. The van der Waals surface area contributed by atoms with Crippen LogP contribution in [0.2, 0.25) is 5.02 Å². The third kappa shape index (κ3) is 4.36. The fraction of sp³-hybridized carbons (Fsp3) is 0.136. The molecule has 7 nitrogen and oxygen atoms in total. The Morgan fingerprint density at radius 2 is 1.93 bits per heavy atom. The first-order valence-electron chi connectivity index (χ1n) is 9.35. The molecular weight excluding hydrogens is 404 g/mol. The Morgan fingerprint density at radius 3 is 2.67 bits per heavy atom. The summed E-state index contributed by atoms with van der Waals surface area (Å²) in [6.45, 7) is 1.73. The second kappa shape index (κ2) is 8.42. The number of halogens is 1. The third-order valence-corrected chi connectivity index (χ3v) is 4.96. The number of nitrogens with one attached hydrogen (secondary N) is 3. The van der Waals surface area contributed by atoms with Crippen molar-refractivity contribution < 1.29 is 14.1 Å². The lowest BCUT2D eigenvalue weighted by atomic mass is 10.0. The number of anilines is 1. The molecule has 2 aromatic heterocycles. The van der Waals surface area contributed by atoms with Gasteiger partial charge in [0.2, 0.25) is 5.91 Å². The van der Waals surface area contributed by atoms with Gasteiger partial charge in [-0.25, -0.2) is 0 Å². The topological polar surface area (TPSA) is 100 Å². The largest absolute Gasteiger partial charge is 0.361 e. The molecule has 2 aromatic carbocycles. The van der Waals surface area contributed by atoms with Crippen LogP contribution in [0.4, 0.5) is 5.82 Å². The maximum absolute atomic E-state index is 13.0. The van der Waals surface area contributed by atoms with Crippen molar-refractivity contribution in [1.82, 2.24) is 15.5 Å². The molecule has 0 unspecified atom stereocenters. The molecule has 0 bridgehead atoms. The van der Waals surface area contributed by atoms with Crippen molar-refractivity contribution in [2.45, 2.75) is 19.4 Å². The van der Waals surface area contributed by atoms with E-state index in [9.17, 15) is 9.59 Å². The van der Waals surface area contributed by atoms with E-state index in [1.54, 1.807) is 37.3 Å². The molecule has 8 heteroatoms. The van der Waals surface area contributed by atoms with E-state index in [-0.39, 0.29) is 5.91 Å². The number of H-pyrrole nitrogens is 1. The van der Waals surface area contributed by atoms with Crippen LogP contribution in [0, 0.1) is 6.92 Å². The summed E-state index contributed by atoms with van der Waals surface area (Å²) < 4.78 is 5.00. The molecule has 0 saturated carbocycles. The maximum Gasteiger partial charge on any atom is 0.251 e. The number of aromatic nitrogens is 2. The molecular formula is C22H19ClN4O3. The van der Waals surface area contributed by atoms with Crippen LogP contribution in [0.15, 0.2) is 65.3 Å². The summed E-state index contributed by atoms with van der Waals surface area (Å²) in [4.78, 5) is 28.9. The maximum atomic E-state index is 13.0. The molecule has 0 spiro atoms. The van der Waals surface area contributed by atoms with Gasteiger partial charge in [-0.3, -0.25) is 9.59 Å². The molecule has 4 rings (SSSR count). The number of aromatic amines is 1. The Hall–Kier alpha value is -3.58. The molecule has 30 heavy (non-hydrogen) atoms. The van der Waals surface area contributed by atoms with E-state index in [1.807, 2.05) is 30.5 Å². The number of hydrogen-bond donors (Lipinski definition) is 3. The summed E-state index contributed by atoms with van der Waals surface area (Å²) in [5.41, 5.74) is 2.29. The number of rotatable bonds is 6. The number of benzene rings is 2. The highest BCUT2D eigenvalue weighted by Crippen LogP contribution is 2.20. The van der Waals surface area contributed by atoms with Crippen molar-refractivity contribution in [2.75, 3.05) is 5.32 Å². The van der Waals surface area contributed by atoms with Crippen molar-refractivity contribution >= 4 is 40.1 Å². The van der Waals surface area contributed by atoms with Crippen molar-refractivity contribution in [3.8, 4) is 0 Å². The Balaban J connectivity index is 1.58. The third-order valence-electron chi connectivity index (χ3n) is 4.71. The zero-order valence-electron chi connectivity index (χ0n) is 16.1. The fourth-order valence-electron chi connectivity index (χ4n) is 3.21. The van der Waals surface area contributed by atoms with Crippen LogP contribution in [0.1, 0.15) is 21.7 Å². The quantitative estimate of drug-likeness (QED) is 0.435. The smallest absolute Gasteiger partial charge is 0.251 e. The van der Waals surface area contributed by atoms with E-state index in [0.717, 1.165) is 16.5 Å². The first kappa shape index (κ1) is 19.7. The van der Waals surface area contributed by atoms with Crippen molar-refractivity contribution in [3.63, 3.8) is 0 Å². The first-order valence-corrected chi connectivity index (χ1v) is 9.73. The second-order valence-corrected chi connectivity index (χ2v) is 7.35. The van der Waals surface area contributed by atoms with E-state index < -0.39 is 11.9 Å².